The Morgan fingerprint density at radius 2 is 1.69 bits per heavy atom. The predicted octanol–water partition coefficient (Wildman–Crippen LogP) is 4.40. The Labute approximate surface area is 164 Å². The molecule has 0 atom stereocenters. The lowest BCUT2D eigenvalue weighted by Crippen LogP contribution is -2.34. The summed E-state index contributed by atoms with van der Waals surface area (Å²) in [5.74, 6) is -1.43. The number of aryl methyl sites for hydroxylation is 2. The van der Waals surface area contributed by atoms with Gasteiger partial charge < -0.3 is 10.6 Å². The molecule has 0 unspecified atom stereocenters. The van der Waals surface area contributed by atoms with Crippen LogP contribution in [0.4, 0.5) is 18.9 Å². The third-order valence-electron chi connectivity index (χ3n) is 4.28. The normalized spacial score (nSPS) is 11.3. The number of aromatic nitrogens is 1. The van der Waals surface area contributed by atoms with E-state index in [1.165, 1.54) is 18.2 Å². The van der Waals surface area contributed by atoms with Crippen molar-refractivity contribution < 1.29 is 22.8 Å². The van der Waals surface area contributed by atoms with Crippen molar-refractivity contribution in [2.24, 2.45) is 0 Å². The van der Waals surface area contributed by atoms with Crippen LogP contribution in [0.5, 0.6) is 0 Å². The van der Waals surface area contributed by atoms with Crippen LogP contribution >= 0.6 is 0 Å². The maximum Gasteiger partial charge on any atom is 0.405 e. The van der Waals surface area contributed by atoms with E-state index in [-0.39, 0.29) is 11.3 Å². The van der Waals surface area contributed by atoms with Crippen molar-refractivity contribution in [3.8, 4) is 0 Å². The zero-order chi connectivity index (χ0) is 21.2. The number of halogens is 3. The van der Waals surface area contributed by atoms with Gasteiger partial charge in [0.1, 0.15) is 6.54 Å². The van der Waals surface area contributed by atoms with Gasteiger partial charge in [0, 0.05) is 5.39 Å². The number of alkyl halides is 3. The molecule has 1 heterocycles. The summed E-state index contributed by atoms with van der Waals surface area (Å²) in [7, 11) is 0. The van der Waals surface area contributed by atoms with Crippen LogP contribution in [-0.4, -0.2) is 29.5 Å². The lowest BCUT2D eigenvalue weighted by atomic mass is 10.1. The van der Waals surface area contributed by atoms with Gasteiger partial charge in [0.2, 0.25) is 0 Å². The first-order valence-corrected chi connectivity index (χ1v) is 8.77. The van der Waals surface area contributed by atoms with E-state index in [0.717, 1.165) is 16.5 Å². The number of fused-ring (bicyclic) bond motifs is 1. The number of nitrogens with zero attached hydrogens (tertiary/aromatic N) is 1. The van der Waals surface area contributed by atoms with E-state index >= 15 is 0 Å². The summed E-state index contributed by atoms with van der Waals surface area (Å²) in [5, 5.41) is 5.19. The molecule has 0 aliphatic rings. The molecule has 0 saturated carbocycles. The fourth-order valence-electron chi connectivity index (χ4n) is 2.86. The first kappa shape index (κ1) is 20.3. The van der Waals surface area contributed by atoms with Crippen LogP contribution in [-0.2, 0) is 0 Å². The Bertz CT molecular complexity index is 1090. The number of amides is 2. The van der Waals surface area contributed by atoms with E-state index in [1.54, 1.807) is 24.4 Å². The van der Waals surface area contributed by atoms with Crippen molar-refractivity contribution >= 4 is 28.4 Å². The second-order valence-corrected chi connectivity index (χ2v) is 6.62. The smallest absolute Gasteiger partial charge is 0.343 e. The molecule has 3 aromatic rings. The van der Waals surface area contributed by atoms with Crippen molar-refractivity contribution in [1.29, 1.82) is 0 Å². The number of hydrogen-bond acceptors (Lipinski definition) is 3. The lowest BCUT2D eigenvalue weighted by Gasteiger charge is -2.13. The minimum atomic E-state index is -4.53. The van der Waals surface area contributed by atoms with Crippen LogP contribution in [0.2, 0.25) is 0 Å². The van der Waals surface area contributed by atoms with Crippen molar-refractivity contribution in [2.45, 2.75) is 20.0 Å². The highest BCUT2D eigenvalue weighted by Crippen LogP contribution is 2.21. The molecule has 0 fully saturated rings. The molecule has 2 aromatic carbocycles. The molecule has 1 aromatic heterocycles. The molecule has 0 radical (unpaired) electrons. The molecule has 150 valence electrons. The van der Waals surface area contributed by atoms with Gasteiger partial charge >= 0.3 is 6.18 Å². The van der Waals surface area contributed by atoms with Crippen LogP contribution < -0.4 is 10.6 Å². The monoisotopic (exact) mass is 401 g/mol. The highest BCUT2D eigenvalue weighted by atomic mass is 19.4. The van der Waals surface area contributed by atoms with E-state index in [9.17, 15) is 22.8 Å². The van der Waals surface area contributed by atoms with Crippen molar-refractivity contribution in [3.63, 3.8) is 0 Å². The van der Waals surface area contributed by atoms with Gasteiger partial charge in [0.25, 0.3) is 11.8 Å². The molecule has 8 heteroatoms. The Kier molecular flexibility index (Phi) is 5.54. The average Bonchev–Trinajstić information content (AvgIpc) is 2.65. The fraction of sp³-hybridized carbons (Fsp3) is 0.190. The number of pyridine rings is 1. The number of nitrogens with one attached hydrogen (secondary N) is 2. The van der Waals surface area contributed by atoms with Gasteiger partial charge in [0.15, 0.2) is 0 Å². The van der Waals surface area contributed by atoms with Gasteiger partial charge in [-0.1, -0.05) is 24.3 Å². The molecular weight excluding hydrogens is 383 g/mol. The summed E-state index contributed by atoms with van der Waals surface area (Å²) in [4.78, 5) is 29.4. The Balaban J connectivity index is 1.86. The van der Waals surface area contributed by atoms with Gasteiger partial charge in [-0.15, -0.1) is 0 Å². The minimum absolute atomic E-state index is 0.0628. The Morgan fingerprint density at radius 1 is 0.966 bits per heavy atom. The second kappa shape index (κ2) is 7.90. The van der Waals surface area contributed by atoms with Gasteiger partial charge in [-0.25, -0.2) is 0 Å². The molecule has 0 aliphatic carbocycles. The van der Waals surface area contributed by atoms with Gasteiger partial charge in [0.05, 0.1) is 28.0 Å². The number of carbonyl (C=O) groups is 2. The van der Waals surface area contributed by atoms with Crippen LogP contribution in [0.25, 0.3) is 10.9 Å². The lowest BCUT2D eigenvalue weighted by molar-refractivity contribution is -0.123. The van der Waals surface area contributed by atoms with Crippen LogP contribution in [0, 0.1) is 13.8 Å². The summed E-state index contributed by atoms with van der Waals surface area (Å²) in [5.41, 5.74) is 2.66. The maximum absolute atomic E-state index is 12.8. The minimum Gasteiger partial charge on any atom is -0.343 e. The zero-order valence-corrected chi connectivity index (χ0v) is 15.7. The molecule has 0 bridgehead atoms. The van der Waals surface area contributed by atoms with Gasteiger partial charge in [-0.3, -0.25) is 14.6 Å². The molecule has 5 nitrogen and oxygen atoms in total. The summed E-state index contributed by atoms with van der Waals surface area (Å²) in [6.07, 6.45) is -4.53. The fourth-order valence-corrected chi connectivity index (χ4v) is 2.86. The van der Waals surface area contributed by atoms with E-state index in [0.29, 0.717) is 11.3 Å². The van der Waals surface area contributed by atoms with Gasteiger partial charge in [-0.2, -0.15) is 13.2 Å². The highest BCUT2D eigenvalue weighted by molar-refractivity contribution is 6.10. The summed E-state index contributed by atoms with van der Waals surface area (Å²) >= 11 is 0. The van der Waals surface area contributed by atoms with Crippen LogP contribution in [0.1, 0.15) is 32.0 Å². The Morgan fingerprint density at radius 3 is 2.41 bits per heavy atom. The summed E-state index contributed by atoms with van der Waals surface area (Å²) in [6, 6.07) is 13.2. The summed E-state index contributed by atoms with van der Waals surface area (Å²) in [6.45, 7) is 2.18. The van der Waals surface area contributed by atoms with Crippen molar-refractivity contribution in [3.05, 3.63) is 70.9 Å². The molecular formula is C21H18F3N3O2. The predicted molar refractivity (Wildman–Crippen MR) is 104 cm³/mol. The molecule has 2 N–H and O–H groups in total. The summed E-state index contributed by atoms with van der Waals surface area (Å²) < 4.78 is 37.1. The molecule has 29 heavy (non-hydrogen) atoms. The first-order chi connectivity index (χ1) is 13.6. The topological polar surface area (TPSA) is 71.1 Å². The molecule has 3 rings (SSSR count). The SMILES string of the molecule is Cc1ccc2cc(C(=O)Nc3ccccc3C(=O)NCC(F)(F)F)c(C)nc2c1. The van der Waals surface area contributed by atoms with Crippen LogP contribution in [0.15, 0.2) is 48.5 Å². The van der Waals surface area contributed by atoms with E-state index in [4.69, 9.17) is 0 Å². The zero-order valence-electron chi connectivity index (χ0n) is 15.7. The standard InChI is InChI=1S/C21H18F3N3O2/c1-12-7-8-14-10-16(13(2)26-18(14)9-12)20(29)27-17-6-4-3-5-15(17)19(28)25-11-21(22,23)24/h3-10H,11H2,1-2H3,(H,25,28)(H,27,29). The maximum atomic E-state index is 12.8. The number of anilines is 1. The third kappa shape index (κ3) is 4.90. The number of rotatable bonds is 4. The average molecular weight is 401 g/mol. The molecule has 0 saturated heterocycles. The first-order valence-electron chi connectivity index (χ1n) is 8.77. The number of hydrogen-bond donors (Lipinski definition) is 2. The second-order valence-electron chi connectivity index (χ2n) is 6.62. The quantitative estimate of drug-likeness (QED) is 0.681. The van der Waals surface area contributed by atoms with Crippen molar-refractivity contribution in [1.82, 2.24) is 10.3 Å². The van der Waals surface area contributed by atoms with Gasteiger partial charge in [-0.05, 0) is 43.7 Å². The van der Waals surface area contributed by atoms with E-state index in [2.05, 4.69) is 10.3 Å². The van der Waals surface area contributed by atoms with Crippen molar-refractivity contribution in [2.75, 3.05) is 11.9 Å². The number of carbonyl (C=O) groups excluding carboxylic acids is 2. The molecule has 0 spiro atoms. The number of benzene rings is 2. The van der Waals surface area contributed by atoms with E-state index in [1.807, 2.05) is 25.1 Å². The van der Waals surface area contributed by atoms with E-state index < -0.39 is 24.5 Å². The largest absolute Gasteiger partial charge is 0.405 e. The number of para-hydroxylation sites is 1. The molecule has 0 aliphatic heterocycles. The third-order valence-corrected chi connectivity index (χ3v) is 4.28. The van der Waals surface area contributed by atoms with Crippen LogP contribution in [0.3, 0.4) is 0 Å². The Hall–Kier alpha value is -3.42. The molecule has 2 amide bonds. The highest BCUT2D eigenvalue weighted by Gasteiger charge is 2.28.